The van der Waals surface area contributed by atoms with Gasteiger partial charge >= 0.3 is 5.97 Å². The molecule has 0 atom stereocenters. The van der Waals surface area contributed by atoms with Crippen molar-refractivity contribution in [2.75, 3.05) is 0 Å². The molecule has 0 spiro atoms. The Balaban J connectivity index is 2.64. The number of aromatic nitrogens is 2. The van der Waals surface area contributed by atoms with Gasteiger partial charge in [-0.2, -0.15) is 5.10 Å². The van der Waals surface area contributed by atoms with Crippen molar-refractivity contribution >= 4 is 5.97 Å². The lowest BCUT2D eigenvalue weighted by molar-refractivity contribution is 0.0686. The maximum absolute atomic E-state index is 11.5. The minimum atomic E-state index is -1.32. The van der Waals surface area contributed by atoms with E-state index in [4.69, 9.17) is 5.11 Å². The molecule has 0 unspecified atom stereocenters. The minimum Gasteiger partial charge on any atom is -0.476 e. The Morgan fingerprint density at radius 1 is 1.22 bits per heavy atom. The molecule has 0 aliphatic rings. The van der Waals surface area contributed by atoms with E-state index in [0.717, 1.165) is 11.3 Å². The zero-order valence-corrected chi connectivity index (χ0v) is 10.0. The molecular formula is C13H12N2O3. The third-order valence-electron chi connectivity index (χ3n) is 2.59. The van der Waals surface area contributed by atoms with Crippen LogP contribution >= 0.6 is 0 Å². The number of carbonyl (C=O) groups is 1. The summed E-state index contributed by atoms with van der Waals surface area (Å²) in [4.78, 5) is 22.4. The quantitative estimate of drug-likeness (QED) is 0.869. The average Bonchev–Trinajstić information content (AvgIpc) is 2.30. The predicted octanol–water partition coefficient (Wildman–Crippen LogP) is 1.55. The van der Waals surface area contributed by atoms with Gasteiger partial charge in [-0.05, 0) is 26.0 Å². The number of hydrogen-bond acceptors (Lipinski definition) is 3. The third kappa shape index (κ3) is 2.15. The van der Waals surface area contributed by atoms with Crippen LogP contribution in [0.25, 0.3) is 5.69 Å². The molecule has 1 heterocycles. The number of rotatable bonds is 2. The van der Waals surface area contributed by atoms with Crippen molar-refractivity contribution < 1.29 is 9.90 Å². The zero-order valence-electron chi connectivity index (χ0n) is 10.0. The largest absolute Gasteiger partial charge is 0.476 e. The fourth-order valence-corrected chi connectivity index (χ4v) is 1.64. The number of aromatic carboxylic acids is 1. The second kappa shape index (κ2) is 4.44. The van der Waals surface area contributed by atoms with Gasteiger partial charge in [0.05, 0.1) is 5.69 Å². The molecule has 0 amide bonds. The molecule has 0 saturated heterocycles. The molecule has 0 radical (unpaired) electrons. The third-order valence-corrected chi connectivity index (χ3v) is 2.59. The van der Waals surface area contributed by atoms with Crippen LogP contribution in [0.4, 0.5) is 0 Å². The number of carboxylic acid groups (broad SMARTS) is 1. The Labute approximate surface area is 103 Å². The first kappa shape index (κ1) is 12.0. The Bertz CT molecular complexity index is 657. The number of hydrogen-bond donors (Lipinski definition) is 1. The first-order valence-electron chi connectivity index (χ1n) is 5.40. The first-order valence-corrected chi connectivity index (χ1v) is 5.40. The average molecular weight is 244 g/mol. The van der Waals surface area contributed by atoms with Crippen LogP contribution in [-0.4, -0.2) is 20.9 Å². The Morgan fingerprint density at radius 2 is 1.83 bits per heavy atom. The maximum Gasteiger partial charge on any atom is 0.360 e. The van der Waals surface area contributed by atoms with Gasteiger partial charge < -0.3 is 5.11 Å². The molecule has 0 bridgehead atoms. The van der Waals surface area contributed by atoms with Gasteiger partial charge in [-0.25, -0.2) is 9.48 Å². The number of benzene rings is 1. The molecule has 1 N–H and O–H groups in total. The molecule has 18 heavy (non-hydrogen) atoms. The van der Waals surface area contributed by atoms with Gasteiger partial charge in [-0.3, -0.25) is 4.79 Å². The maximum atomic E-state index is 11.5. The molecule has 0 saturated carbocycles. The van der Waals surface area contributed by atoms with Crippen LogP contribution in [0.5, 0.6) is 0 Å². The SMILES string of the molecule is Cc1ccc(-n2nc(C(=O)O)c(=O)cc2C)cc1. The van der Waals surface area contributed by atoms with E-state index in [1.807, 2.05) is 31.2 Å². The van der Waals surface area contributed by atoms with Crippen LogP contribution in [0.3, 0.4) is 0 Å². The van der Waals surface area contributed by atoms with Crippen molar-refractivity contribution in [1.82, 2.24) is 9.78 Å². The van der Waals surface area contributed by atoms with Crippen molar-refractivity contribution in [2.45, 2.75) is 13.8 Å². The molecule has 0 aliphatic carbocycles. The lowest BCUT2D eigenvalue weighted by Crippen LogP contribution is -2.22. The number of carboxylic acids is 1. The lowest BCUT2D eigenvalue weighted by Gasteiger charge is -2.09. The van der Waals surface area contributed by atoms with Gasteiger partial charge in [-0.15, -0.1) is 0 Å². The van der Waals surface area contributed by atoms with Crippen molar-refractivity contribution in [3.8, 4) is 5.69 Å². The van der Waals surface area contributed by atoms with Gasteiger partial charge in [0.1, 0.15) is 0 Å². The van der Waals surface area contributed by atoms with Gasteiger partial charge in [0.15, 0.2) is 0 Å². The molecule has 5 nitrogen and oxygen atoms in total. The summed E-state index contributed by atoms with van der Waals surface area (Å²) in [5.41, 5.74) is 1.36. The van der Waals surface area contributed by atoms with Gasteiger partial charge in [-0.1, -0.05) is 17.7 Å². The molecule has 1 aromatic carbocycles. The molecular weight excluding hydrogens is 232 g/mol. The summed E-state index contributed by atoms with van der Waals surface area (Å²) < 4.78 is 1.45. The van der Waals surface area contributed by atoms with Crippen LogP contribution in [0.15, 0.2) is 35.1 Å². The second-order valence-electron chi connectivity index (χ2n) is 4.05. The topological polar surface area (TPSA) is 72.2 Å². The Kier molecular flexibility index (Phi) is 2.97. The van der Waals surface area contributed by atoms with E-state index >= 15 is 0 Å². The van der Waals surface area contributed by atoms with E-state index < -0.39 is 17.1 Å². The van der Waals surface area contributed by atoms with E-state index in [9.17, 15) is 9.59 Å². The number of nitrogens with zero attached hydrogens (tertiary/aromatic N) is 2. The van der Waals surface area contributed by atoms with E-state index in [-0.39, 0.29) is 0 Å². The summed E-state index contributed by atoms with van der Waals surface area (Å²) in [6.07, 6.45) is 0. The van der Waals surface area contributed by atoms with Crippen LogP contribution in [0.1, 0.15) is 21.7 Å². The second-order valence-corrected chi connectivity index (χ2v) is 4.05. The van der Waals surface area contributed by atoms with E-state index in [0.29, 0.717) is 5.69 Å². The minimum absolute atomic E-state index is 0.471. The molecule has 2 rings (SSSR count). The summed E-state index contributed by atoms with van der Waals surface area (Å²) >= 11 is 0. The highest BCUT2D eigenvalue weighted by molar-refractivity contribution is 5.84. The van der Waals surface area contributed by atoms with Gasteiger partial charge in [0.2, 0.25) is 11.1 Å². The molecule has 0 fully saturated rings. The standard InChI is InChI=1S/C13H12N2O3/c1-8-3-5-10(6-4-8)15-9(2)7-11(16)12(14-15)13(17)18/h3-7H,1-2H3,(H,17,18). The van der Waals surface area contributed by atoms with E-state index in [2.05, 4.69) is 5.10 Å². The van der Waals surface area contributed by atoms with E-state index in [1.54, 1.807) is 6.92 Å². The number of aryl methyl sites for hydroxylation is 2. The first-order chi connectivity index (χ1) is 8.49. The molecule has 92 valence electrons. The summed E-state index contributed by atoms with van der Waals surface area (Å²) in [5, 5.41) is 12.8. The van der Waals surface area contributed by atoms with Crippen molar-refractivity contribution in [3.63, 3.8) is 0 Å². The molecule has 0 aliphatic heterocycles. The van der Waals surface area contributed by atoms with Crippen molar-refractivity contribution in [1.29, 1.82) is 0 Å². The normalized spacial score (nSPS) is 10.3. The highest BCUT2D eigenvalue weighted by Crippen LogP contribution is 2.09. The van der Waals surface area contributed by atoms with Crippen molar-refractivity contribution in [3.05, 3.63) is 57.5 Å². The lowest BCUT2D eigenvalue weighted by atomic mass is 10.2. The van der Waals surface area contributed by atoms with Crippen molar-refractivity contribution in [2.24, 2.45) is 0 Å². The predicted molar refractivity (Wildman–Crippen MR) is 66.3 cm³/mol. The highest BCUT2D eigenvalue weighted by atomic mass is 16.4. The van der Waals surface area contributed by atoms with Crippen LogP contribution < -0.4 is 5.43 Å². The summed E-state index contributed by atoms with van der Waals surface area (Å²) in [5.74, 6) is -1.32. The summed E-state index contributed by atoms with van der Waals surface area (Å²) in [6.45, 7) is 3.66. The van der Waals surface area contributed by atoms with E-state index in [1.165, 1.54) is 10.7 Å². The smallest absolute Gasteiger partial charge is 0.360 e. The highest BCUT2D eigenvalue weighted by Gasteiger charge is 2.13. The fraction of sp³-hybridized carbons (Fsp3) is 0.154. The Hall–Kier alpha value is -2.43. The fourth-order valence-electron chi connectivity index (χ4n) is 1.64. The van der Waals surface area contributed by atoms with Crippen LogP contribution in [0.2, 0.25) is 0 Å². The van der Waals surface area contributed by atoms with Gasteiger partial charge in [0.25, 0.3) is 0 Å². The van der Waals surface area contributed by atoms with Gasteiger partial charge in [0, 0.05) is 11.8 Å². The Morgan fingerprint density at radius 3 is 2.39 bits per heavy atom. The van der Waals surface area contributed by atoms with Crippen LogP contribution in [0, 0.1) is 13.8 Å². The van der Waals surface area contributed by atoms with Crippen LogP contribution in [-0.2, 0) is 0 Å². The zero-order chi connectivity index (χ0) is 13.3. The molecule has 1 aromatic heterocycles. The molecule has 2 aromatic rings. The monoisotopic (exact) mass is 244 g/mol. The summed E-state index contributed by atoms with van der Waals surface area (Å²) in [7, 11) is 0. The molecule has 5 heteroatoms. The summed E-state index contributed by atoms with van der Waals surface area (Å²) in [6, 6.07) is 8.72.